The lowest BCUT2D eigenvalue weighted by atomic mass is 9.75. The SMILES string of the molecule is CCC(c1ccc(C(=O)OCCCC(=O)OC(C)(C)C)cc1)C(C)(C)C. The molecule has 0 saturated carbocycles. The number of esters is 2. The topological polar surface area (TPSA) is 52.6 Å². The Bertz CT molecular complexity index is 588. The van der Waals surface area contributed by atoms with Crippen LogP contribution in [0.5, 0.6) is 0 Å². The summed E-state index contributed by atoms with van der Waals surface area (Å²) in [5, 5.41) is 0. The van der Waals surface area contributed by atoms with Gasteiger partial charge in [-0.15, -0.1) is 0 Å². The summed E-state index contributed by atoms with van der Waals surface area (Å²) in [6, 6.07) is 7.66. The highest BCUT2D eigenvalue weighted by molar-refractivity contribution is 5.89. The van der Waals surface area contributed by atoms with Crippen molar-refractivity contribution in [3.05, 3.63) is 35.4 Å². The second-order valence-electron chi connectivity index (χ2n) is 8.77. The number of carbonyl (C=O) groups excluding carboxylic acids is 2. The fourth-order valence-electron chi connectivity index (χ4n) is 3.06. The van der Waals surface area contributed by atoms with Gasteiger partial charge in [0.05, 0.1) is 12.2 Å². The summed E-state index contributed by atoms with van der Waals surface area (Å²) in [5.41, 5.74) is 1.47. The minimum Gasteiger partial charge on any atom is -0.462 e. The largest absolute Gasteiger partial charge is 0.462 e. The van der Waals surface area contributed by atoms with Gasteiger partial charge in [-0.2, -0.15) is 0 Å². The predicted octanol–water partition coefficient (Wildman–Crippen LogP) is 5.51. The van der Waals surface area contributed by atoms with Crippen LogP contribution in [0.25, 0.3) is 0 Å². The van der Waals surface area contributed by atoms with Gasteiger partial charge >= 0.3 is 11.9 Å². The Morgan fingerprint density at radius 2 is 1.58 bits per heavy atom. The molecule has 1 unspecified atom stereocenters. The summed E-state index contributed by atoms with van der Waals surface area (Å²) >= 11 is 0. The molecule has 0 aliphatic heterocycles. The van der Waals surface area contributed by atoms with Gasteiger partial charge in [-0.3, -0.25) is 4.79 Å². The van der Waals surface area contributed by atoms with Crippen LogP contribution in [0.1, 0.15) is 89.6 Å². The van der Waals surface area contributed by atoms with Crippen molar-refractivity contribution in [1.29, 1.82) is 0 Å². The summed E-state index contributed by atoms with van der Waals surface area (Å²) < 4.78 is 10.5. The maximum Gasteiger partial charge on any atom is 0.338 e. The molecule has 1 rings (SSSR count). The normalized spacial score (nSPS) is 13.2. The number of ether oxygens (including phenoxy) is 2. The van der Waals surface area contributed by atoms with Crippen LogP contribution in [0.2, 0.25) is 0 Å². The van der Waals surface area contributed by atoms with Crippen molar-refractivity contribution in [1.82, 2.24) is 0 Å². The van der Waals surface area contributed by atoms with Crippen molar-refractivity contribution in [3.8, 4) is 0 Å². The van der Waals surface area contributed by atoms with Crippen LogP contribution in [-0.4, -0.2) is 24.1 Å². The van der Waals surface area contributed by atoms with E-state index in [1.807, 2.05) is 45.0 Å². The lowest BCUT2D eigenvalue weighted by Gasteiger charge is -2.30. The third-order valence-corrected chi connectivity index (χ3v) is 4.18. The van der Waals surface area contributed by atoms with E-state index in [0.717, 1.165) is 6.42 Å². The molecular formula is C22H34O4. The molecule has 4 nitrogen and oxygen atoms in total. The van der Waals surface area contributed by atoms with E-state index in [2.05, 4.69) is 27.7 Å². The monoisotopic (exact) mass is 362 g/mol. The minimum atomic E-state index is -0.487. The van der Waals surface area contributed by atoms with E-state index in [9.17, 15) is 9.59 Å². The highest BCUT2D eigenvalue weighted by Gasteiger charge is 2.24. The molecule has 0 heterocycles. The summed E-state index contributed by atoms with van der Waals surface area (Å²) in [6.07, 6.45) is 1.76. The molecule has 0 fully saturated rings. The Morgan fingerprint density at radius 3 is 2.04 bits per heavy atom. The van der Waals surface area contributed by atoms with Gasteiger partial charge in [-0.1, -0.05) is 39.8 Å². The van der Waals surface area contributed by atoms with Gasteiger partial charge in [-0.25, -0.2) is 4.79 Å². The lowest BCUT2D eigenvalue weighted by Crippen LogP contribution is -2.24. The Kier molecular flexibility index (Phi) is 7.86. The van der Waals surface area contributed by atoms with E-state index >= 15 is 0 Å². The van der Waals surface area contributed by atoms with Gasteiger partial charge in [0.15, 0.2) is 0 Å². The first kappa shape index (κ1) is 22.2. The van der Waals surface area contributed by atoms with Crippen LogP contribution in [0.15, 0.2) is 24.3 Å². The van der Waals surface area contributed by atoms with Crippen molar-refractivity contribution in [2.75, 3.05) is 6.61 Å². The van der Waals surface area contributed by atoms with E-state index < -0.39 is 5.60 Å². The van der Waals surface area contributed by atoms with Crippen LogP contribution >= 0.6 is 0 Å². The Labute approximate surface area is 158 Å². The third kappa shape index (κ3) is 7.59. The van der Waals surface area contributed by atoms with E-state index in [1.165, 1.54) is 5.56 Å². The molecule has 0 N–H and O–H groups in total. The maximum atomic E-state index is 12.1. The second kappa shape index (κ2) is 9.20. The standard InChI is InChI=1S/C22H34O4/c1-8-18(21(2,3)4)16-11-13-17(14-12-16)20(24)25-15-9-10-19(23)26-22(5,6)7/h11-14,18H,8-10,15H2,1-7H3. The first-order valence-electron chi connectivity index (χ1n) is 9.43. The van der Waals surface area contributed by atoms with E-state index in [4.69, 9.17) is 9.47 Å². The van der Waals surface area contributed by atoms with Gasteiger partial charge in [0.1, 0.15) is 5.60 Å². The Hall–Kier alpha value is -1.84. The van der Waals surface area contributed by atoms with Gasteiger partial charge < -0.3 is 9.47 Å². The van der Waals surface area contributed by atoms with Crippen LogP contribution in [0.4, 0.5) is 0 Å². The molecule has 26 heavy (non-hydrogen) atoms. The number of rotatable bonds is 7. The Balaban J connectivity index is 2.50. The third-order valence-electron chi connectivity index (χ3n) is 4.18. The molecule has 4 heteroatoms. The molecule has 1 aromatic rings. The molecule has 1 aromatic carbocycles. The lowest BCUT2D eigenvalue weighted by molar-refractivity contribution is -0.155. The number of benzene rings is 1. The zero-order valence-electron chi connectivity index (χ0n) is 17.3. The molecule has 1 atom stereocenters. The molecule has 146 valence electrons. The number of hydrogen-bond acceptors (Lipinski definition) is 4. The average molecular weight is 363 g/mol. The molecule has 0 amide bonds. The zero-order valence-corrected chi connectivity index (χ0v) is 17.3. The summed E-state index contributed by atoms with van der Waals surface area (Å²) in [4.78, 5) is 23.7. The van der Waals surface area contributed by atoms with E-state index in [0.29, 0.717) is 17.9 Å². The van der Waals surface area contributed by atoms with Crippen LogP contribution < -0.4 is 0 Å². The average Bonchev–Trinajstić information content (AvgIpc) is 2.49. The molecule has 0 spiro atoms. The van der Waals surface area contributed by atoms with Crippen molar-refractivity contribution >= 4 is 11.9 Å². The highest BCUT2D eigenvalue weighted by atomic mass is 16.6. The zero-order chi connectivity index (χ0) is 20.0. The van der Waals surface area contributed by atoms with Crippen LogP contribution in [-0.2, 0) is 14.3 Å². The van der Waals surface area contributed by atoms with Crippen molar-refractivity contribution in [3.63, 3.8) is 0 Å². The molecular weight excluding hydrogens is 328 g/mol. The quantitative estimate of drug-likeness (QED) is 0.474. The molecule has 0 saturated heterocycles. The van der Waals surface area contributed by atoms with Gasteiger partial charge in [-0.05, 0) is 62.6 Å². The molecule has 0 aliphatic carbocycles. The van der Waals surface area contributed by atoms with Gasteiger partial charge in [0, 0.05) is 6.42 Å². The molecule has 0 radical (unpaired) electrons. The smallest absolute Gasteiger partial charge is 0.338 e. The summed E-state index contributed by atoms with van der Waals surface area (Å²) in [5.74, 6) is -0.184. The molecule has 0 aromatic heterocycles. The van der Waals surface area contributed by atoms with Crippen molar-refractivity contribution in [2.24, 2.45) is 5.41 Å². The summed E-state index contributed by atoms with van der Waals surface area (Å²) in [7, 11) is 0. The highest BCUT2D eigenvalue weighted by Crippen LogP contribution is 2.37. The fraction of sp³-hybridized carbons (Fsp3) is 0.636. The second-order valence-corrected chi connectivity index (χ2v) is 8.77. The van der Waals surface area contributed by atoms with Crippen molar-refractivity contribution < 1.29 is 19.1 Å². The maximum absolute atomic E-state index is 12.1. The number of carbonyl (C=O) groups is 2. The fourth-order valence-corrected chi connectivity index (χ4v) is 3.06. The number of hydrogen-bond donors (Lipinski definition) is 0. The first-order valence-corrected chi connectivity index (χ1v) is 9.43. The van der Waals surface area contributed by atoms with Crippen LogP contribution in [0.3, 0.4) is 0 Å². The van der Waals surface area contributed by atoms with E-state index in [-0.39, 0.29) is 30.4 Å². The van der Waals surface area contributed by atoms with Crippen molar-refractivity contribution in [2.45, 2.75) is 79.2 Å². The first-order chi connectivity index (χ1) is 11.9. The van der Waals surface area contributed by atoms with Gasteiger partial charge in [0.25, 0.3) is 0 Å². The van der Waals surface area contributed by atoms with Crippen LogP contribution in [0, 0.1) is 5.41 Å². The van der Waals surface area contributed by atoms with E-state index in [1.54, 1.807) is 0 Å². The predicted molar refractivity (Wildman–Crippen MR) is 104 cm³/mol. The van der Waals surface area contributed by atoms with Gasteiger partial charge in [0.2, 0.25) is 0 Å². The minimum absolute atomic E-state index is 0.179. The Morgan fingerprint density at radius 1 is 1.00 bits per heavy atom. The molecule has 0 aliphatic rings. The summed E-state index contributed by atoms with van der Waals surface area (Å²) in [6.45, 7) is 14.6. The molecule has 0 bridgehead atoms.